The van der Waals surface area contributed by atoms with E-state index >= 15 is 0 Å². The minimum atomic E-state index is -5.26. The molecule has 1 aromatic heterocycles. The van der Waals surface area contributed by atoms with Crippen LogP contribution in [0.5, 0.6) is 5.75 Å². The summed E-state index contributed by atoms with van der Waals surface area (Å²) in [5.74, 6) is -4.00. The van der Waals surface area contributed by atoms with Gasteiger partial charge in [0.15, 0.2) is 11.6 Å². The standard InChI is InChI=1S/C28H35F3N6O6/c1-15(42-26(2,3)4)20(34-25(41)28(29,30)31)23(39)36(5)18(11-16-8-9-16)22(38)37-14-27(12-17(37)13-32)24(40)35-21-19(43-27)7-6-10-33-21/h6-7,10,15-18,20H,8-9,11-12,14H2,1-5H3,(H,34,41)(H,33,35,40). The third-order valence-electron chi connectivity index (χ3n) is 7.65. The number of anilines is 1. The summed E-state index contributed by atoms with van der Waals surface area (Å²) in [5, 5.41) is 14.3. The van der Waals surface area contributed by atoms with Crippen molar-refractivity contribution in [2.45, 2.75) is 95.0 Å². The second kappa shape index (κ2) is 11.6. The van der Waals surface area contributed by atoms with Gasteiger partial charge in [-0.25, -0.2) is 4.98 Å². The summed E-state index contributed by atoms with van der Waals surface area (Å²) in [6.45, 7) is 5.98. The Labute approximate surface area is 246 Å². The van der Waals surface area contributed by atoms with Crippen molar-refractivity contribution in [2.75, 3.05) is 18.9 Å². The molecule has 43 heavy (non-hydrogen) atoms. The van der Waals surface area contributed by atoms with E-state index in [1.54, 1.807) is 38.2 Å². The maximum absolute atomic E-state index is 14.1. The van der Waals surface area contributed by atoms with Gasteiger partial charge < -0.3 is 29.9 Å². The van der Waals surface area contributed by atoms with E-state index in [2.05, 4.69) is 10.3 Å². The first-order chi connectivity index (χ1) is 20.0. The van der Waals surface area contributed by atoms with Crippen LogP contribution in [0.1, 0.15) is 53.4 Å². The summed E-state index contributed by atoms with van der Waals surface area (Å²) >= 11 is 0. The van der Waals surface area contributed by atoms with Gasteiger partial charge in [0.25, 0.3) is 5.91 Å². The van der Waals surface area contributed by atoms with Gasteiger partial charge in [-0.05, 0) is 52.2 Å². The van der Waals surface area contributed by atoms with Gasteiger partial charge in [0.2, 0.25) is 17.4 Å². The Hall–Kier alpha value is -3.93. The molecule has 0 bridgehead atoms. The average Bonchev–Trinajstić information content (AvgIpc) is 3.66. The molecule has 2 fully saturated rings. The van der Waals surface area contributed by atoms with Gasteiger partial charge in [-0.1, -0.05) is 12.8 Å². The van der Waals surface area contributed by atoms with Crippen molar-refractivity contribution in [3.8, 4) is 11.8 Å². The highest BCUT2D eigenvalue weighted by atomic mass is 19.4. The van der Waals surface area contributed by atoms with Crippen LogP contribution < -0.4 is 15.4 Å². The first kappa shape index (κ1) is 32.0. The Bertz CT molecular complexity index is 1320. The van der Waals surface area contributed by atoms with Crippen LogP contribution in [0.25, 0.3) is 0 Å². The smallest absolute Gasteiger partial charge is 0.471 e. The minimum Gasteiger partial charge on any atom is -0.472 e. The quantitative estimate of drug-likeness (QED) is 0.455. The zero-order valence-electron chi connectivity index (χ0n) is 24.5. The van der Waals surface area contributed by atoms with Crippen LogP contribution >= 0.6 is 0 Å². The number of nitrogens with zero attached hydrogens (tertiary/aromatic N) is 4. The second-order valence-corrected chi connectivity index (χ2v) is 12.2. The highest BCUT2D eigenvalue weighted by Gasteiger charge is 2.57. The molecule has 4 amide bonds. The fourth-order valence-electron chi connectivity index (χ4n) is 5.39. The highest BCUT2D eigenvalue weighted by molar-refractivity contribution is 6.01. The van der Waals surface area contributed by atoms with E-state index in [0.29, 0.717) is 0 Å². The van der Waals surface area contributed by atoms with Crippen molar-refractivity contribution in [3.63, 3.8) is 0 Å². The van der Waals surface area contributed by atoms with Gasteiger partial charge in [0.05, 0.1) is 24.3 Å². The largest absolute Gasteiger partial charge is 0.472 e. The van der Waals surface area contributed by atoms with E-state index in [1.807, 2.05) is 6.07 Å². The maximum Gasteiger partial charge on any atom is 0.471 e. The highest BCUT2D eigenvalue weighted by Crippen LogP contribution is 2.41. The number of nitrogens with one attached hydrogen (secondary N) is 2. The predicted molar refractivity (Wildman–Crippen MR) is 144 cm³/mol. The molecule has 1 aliphatic carbocycles. The lowest BCUT2D eigenvalue weighted by Gasteiger charge is -2.37. The van der Waals surface area contributed by atoms with Crippen molar-refractivity contribution in [1.29, 1.82) is 5.26 Å². The first-order valence-electron chi connectivity index (χ1n) is 13.9. The summed E-state index contributed by atoms with van der Waals surface area (Å²) < 4.78 is 51.4. The number of likely N-dealkylation sites (tertiary alicyclic amines) is 1. The fourth-order valence-corrected chi connectivity index (χ4v) is 5.39. The number of hydrogen-bond acceptors (Lipinski definition) is 8. The molecule has 12 nitrogen and oxygen atoms in total. The van der Waals surface area contributed by atoms with Crippen molar-refractivity contribution in [2.24, 2.45) is 5.92 Å². The zero-order chi connectivity index (χ0) is 31.9. The molecular formula is C28H35F3N6O6. The number of fused-ring (bicyclic) bond motifs is 1. The van der Waals surface area contributed by atoms with E-state index in [-0.39, 0.29) is 36.9 Å². The molecule has 4 rings (SSSR count). The summed E-state index contributed by atoms with van der Waals surface area (Å²) in [5.41, 5.74) is -2.46. The predicted octanol–water partition coefficient (Wildman–Crippen LogP) is 2.15. The van der Waals surface area contributed by atoms with E-state index < -0.39 is 65.2 Å². The Morgan fingerprint density at radius 1 is 1.33 bits per heavy atom. The molecule has 1 aromatic rings. The van der Waals surface area contributed by atoms with Crippen LogP contribution in [0.3, 0.4) is 0 Å². The van der Waals surface area contributed by atoms with Crippen LogP contribution in [-0.2, 0) is 23.9 Å². The normalized spacial score (nSPS) is 23.7. The summed E-state index contributed by atoms with van der Waals surface area (Å²) in [4.78, 5) is 59.1. The SMILES string of the molecule is CC(OC(C)(C)C)C(NC(=O)C(F)(F)F)C(=O)N(C)C(CC1CC1)C(=O)N1CC2(CC1C#N)Oc1cccnc1NC2=O. The Balaban J connectivity index is 1.61. The summed E-state index contributed by atoms with van der Waals surface area (Å²) in [6, 6.07) is 1.17. The Morgan fingerprint density at radius 3 is 2.58 bits per heavy atom. The number of carbonyl (C=O) groups is 4. The number of rotatable bonds is 8. The molecule has 234 valence electrons. The van der Waals surface area contributed by atoms with Gasteiger partial charge in [-0.3, -0.25) is 19.2 Å². The number of amides is 4. The molecule has 1 saturated carbocycles. The van der Waals surface area contributed by atoms with Gasteiger partial charge in [-0.2, -0.15) is 18.4 Å². The number of likely N-dealkylation sites (N-methyl/N-ethyl adjacent to an activating group) is 1. The van der Waals surface area contributed by atoms with E-state index in [1.165, 1.54) is 25.1 Å². The van der Waals surface area contributed by atoms with Crippen LogP contribution in [-0.4, -0.2) is 93.6 Å². The number of halogens is 3. The third-order valence-corrected chi connectivity index (χ3v) is 7.65. The topological polar surface area (TPSA) is 154 Å². The molecule has 5 atom stereocenters. The monoisotopic (exact) mass is 608 g/mol. The van der Waals surface area contributed by atoms with Crippen molar-refractivity contribution in [1.82, 2.24) is 20.1 Å². The van der Waals surface area contributed by atoms with Crippen molar-refractivity contribution < 1.29 is 41.8 Å². The van der Waals surface area contributed by atoms with Crippen LogP contribution in [0.4, 0.5) is 19.0 Å². The number of hydrogen-bond donors (Lipinski definition) is 2. The lowest BCUT2D eigenvalue weighted by molar-refractivity contribution is -0.177. The molecule has 5 unspecified atom stereocenters. The molecule has 3 aliphatic rings. The molecular weight excluding hydrogens is 573 g/mol. The van der Waals surface area contributed by atoms with Gasteiger partial charge in [0.1, 0.15) is 18.1 Å². The second-order valence-electron chi connectivity index (χ2n) is 12.2. The lowest BCUT2D eigenvalue weighted by atomic mass is 9.97. The van der Waals surface area contributed by atoms with E-state index in [9.17, 15) is 37.6 Å². The Kier molecular flexibility index (Phi) is 8.65. The molecule has 0 aromatic carbocycles. The number of pyridine rings is 1. The molecule has 2 aliphatic heterocycles. The van der Waals surface area contributed by atoms with E-state index in [0.717, 1.165) is 17.7 Å². The molecule has 1 spiro atoms. The van der Waals surface area contributed by atoms with E-state index in [4.69, 9.17) is 9.47 Å². The summed E-state index contributed by atoms with van der Waals surface area (Å²) in [6.07, 6.45) is -3.40. The fraction of sp³-hybridized carbons (Fsp3) is 0.643. The minimum absolute atomic E-state index is 0.0694. The van der Waals surface area contributed by atoms with Gasteiger partial charge in [-0.15, -0.1) is 0 Å². The lowest BCUT2D eigenvalue weighted by Crippen LogP contribution is -2.61. The number of ether oxygens (including phenoxy) is 2. The number of nitriles is 1. The third kappa shape index (κ3) is 7.01. The zero-order valence-corrected chi connectivity index (χ0v) is 24.5. The van der Waals surface area contributed by atoms with Crippen LogP contribution in [0.15, 0.2) is 18.3 Å². The van der Waals surface area contributed by atoms with Crippen LogP contribution in [0, 0.1) is 17.2 Å². The number of carbonyl (C=O) groups excluding carboxylic acids is 4. The van der Waals surface area contributed by atoms with Gasteiger partial charge >= 0.3 is 12.1 Å². The first-order valence-corrected chi connectivity index (χ1v) is 13.9. The molecule has 0 radical (unpaired) electrons. The molecule has 3 heterocycles. The Morgan fingerprint density at radius 2 is 2.00 bits per heavy atom. The molecule has 2 N–H and O–H groups in total. The van der Waals surface area contributed by atoms with Crippen LogP contribution in [0.2, 0.25) is 0 Å². The summed E-state index contributed by atoms with van der Waals surface area (Å²) in [7, 11) is 1.27. The van der Waals surface area contributed by atoms with Crippen molar-refractivity contribution >= 4 is 29.4 Å². The average molecular weight is 609 g/mol. The molecule has 1 saturated heterocycles. The number of aromatic nitrogens is 1. The van der Waals surface area contributed by atoms with Crippen molar-refractivity contribution in [3.05, 3.63) is 18.3 Å². The number of alkyl halides is 3. The maximum atomic E-state index is 14.1. The van der Waals surface area contributed by atoms with Gasteiger partial charge in [0, 0.05) is 19.7 Å². The molecule has 15 heteroatoms.